The van der Waals surface area contributed by atoms with Crippen molar-refractivity contribution in [3.8, 4) is 0 Å². The minimum absolute atomic E-state index is 0.128. The molecule has 1 aromatic heterocycles. The van der Waals surface area contributed by atoms with Crippen molar-refractivity contribution in [1.82, 2.24) is 5.32 Å². The number of nitrogens with two attached hydrogens (primary N) is 1. The van der Waals surface area contributed by atoms with Crippen molar-refractivity contribution in [3.05, 3.63) is 53.5 Å². The van der Waals surface area contributed by atoms with Gasteiger partial charge in [0.05, 0.1) is 11.4 Å². The summed E-state index contributed by atoms with van der Waals surface area (Å²) in [6.07, 6.45) is 0.871. The molecule has 0 aliphatic carbocycles. The van der Waals surface area contributed by atoms with Crippen LogP contribution in [0.2, 0.25) is 0 Å². The molecule has 0 aliphatic rings. The Bertz CT molecular complexity index is 677. The number of primary sulfonamides is 1. The van der Waals surface area contributed by atoms with Gasteiger partial charge in [-0.25, -0.2) is 13.6 Å². The summed E-state index contributed by atoms with van der Waals surface area (Å²) in [4.78, 5) is 0.128. The summed E-state index contributed by atoms with van der Waals surface area (Å²) in [5.41, 5.74) is 0.860. The zero-order valence-corrected chi connectivity index (χ0v) is 12.1. The van der Waals surface area contributed by atoms with Gasteiger partial charge in [-0.1, -0.05) is 19.1 Å². The van der Waals surface area contributed by atoms with Crippen LogP contribution in [0.3, 0.4) is 0 Å². The number of sulfonamides is 1. The zero-order valence-electron chi connectivity index (χ0n) is 11.3. The molecule has 108 valence electrons. The molecule has 1 aromatic carbocycles. The number of nitrogens with one attached hydrogen (secondary N) is 1. The largest absolute Gasteiger partial charge is 0.465 e. The van der Waals surface area contributed by atoms with Crippen molar-refractivity contribution in [2.24, 2.45) is 5.14 Å². The van der Waals surface area contributed by atoms with Gasteiger partial charge in [0.1, 0.15) is 11.5 Å². The van der Waals surface area contributed by atoms with Crippen LogP contribution in [-0.2, 0) is 29.5 Å². The first kappa shape index (κ1) is 14.8. The summed E-state index contributed by atoms with van der Waals surface area (Å²) in [7, 11) is -3.65. The number of rotatable bonds is 6. The molecule has 20 heavy (non-hydrogen) atoms. The third kappa shape index (κ3) is 3.93. The third-order valence-corrected chi connectivity index (χ3v) is 3.83. The van der Waals surface area contributed by atoms with Crippen LogP contribution >= 0.6 is 0 Å². The summed E-state index contributed by atoms with van der Waals surface area (Å²) in [5, 5.41) is 8.30. The second kappa shape index (κ2) is 6.21. The molecule has 0 amide bonds. The molecule has 1 heterocycles. The Morgan fingerprint density at radius 3 is 2.55 bits per heavy atom. The van der Waals surface area contributed by atoms with E-state index < -0.39 is 10.0 Å². The van der Waals surface area contributed by atoms with Crippen molar-refractivity contribution >= 4 is 10.0 Å². The van der Waals surface area contributed by atoms with Gasteiger partial charge in [-0.05, 0) is 29.8 Å². The van der Waals surface area contributed by atoms with Crippen LogP contribution in [0.15, 0.2) is 45.7 Å². The van der Waals surface area contributed by atoms with Crippen LogP contribution in [-0.4, -0.2) is 8.42 Å². The number of furan rings is 1. The number of aryl methyl sites for hydroxylation is 1. The highest BCUT2D eigenvalue weighted by molar-refractivity contribution is 7.89. The lowest BCUT2D eigenvalue weighted by atomic mass is 10.2. The van der Waals surface area contributed by atoms with Crippen LogP contribution in [0.5, 0.6) is 0 Å². The fourth-order valence-corrected chi connectivity index (χ4v) is 2.45. The van der Waals surface area contributed by atoms with Gasteiger partial charge in [-0.2, -0.15) is 0 Å². The van der Waals surface area contributed by atoms with E-state index in [-0.39, 0.29) is 4.90 Å². The van der Waals surface area contributed by atoms with Gasteiger partial charge >= 0.3 is 0 Å². The van der Waals surface area contributed by atoms with Gasteiger partial charge < -0.3 is 9.73 Å². The van der Waals surface area contributed by atoms with Crippen molar-refractivity contribution in [2.45, 2.75) is 31.3 Å². The van der Waals surface area contributed by atoms with E-state index >= 15 is 0 Å². The molecule has 0 atom stereocenters. The second-order valence-corrected chi connectivity index (χ2v) is 6.08. The molecule has 6 heteroatoms. The Hall–Kier alpha value is -1.63. The maximum atomic E-state index is 11.3. The van der Waals surface area contributed by atoms with Gasteiger partial charge in [-0.3, -0.25) is 0 Å². The van der Waals surface area contributed by atoms with E-state index in [9.17, 15) is 8.42 Å². The average Bonchev–Trinajstić information content (AvgIpc) is 2.86. The Morgan fingerprint density at radius 1 is 1.15 bits per heavy atom. The van der Waals surface area contributed by atoms with E-state index in [1.165, 1.54) is 6.07 Å². The fraction of sp³-hybridized carbons (Fsp3) is 0.286. The van der Waals surface area contributed by atoms with Crippen molar-refractivity contribution in [1.29, 1.82) is 0 Å². The van der Waals surface area contributed by atoms with Crippen LogP contribution in [0.4, 0.5) is 0 Å². The molecule has 0 aliphatic heterocycles. The van der Waals surface area contributed by atoms with E-state index in [2.05, 4.69) is 5.32 Å². The molecule has 2 aromatic rings. The average molecular weight is 294 g/mol. The lowest BCUT2D eigenvalue weighted by Crippen LogP contribution is -2.15. The molecule has 0 unspecified atom stereocenters. The Balaban J connectivity index is 1.94. The minimum Gasteiger partial charge on any atom is -0.465 e. The highest BCUT2D eigenvalue weighted by Crippen LogP contribution is 2.11. The third-order valence-electron chi connectivity index (χ3n) is 2.92. The number of hydrogen-bond donors (Lipinski definition) is 2. The Labute approximate surface area is 118 Å². The van der Waals surface area contributed by atoms with Crippen molar-refractivity contribution in [3.63, 3.8) is 0 Å². The summed E-state index contributed by atoms with van der Waals surface area (Å²) in [6, 6.07) is 10.5. The highest BCUT2D eigenvalue weighted by Gasteiger charge is 2.07. The molecule has 0 saturated heterocycles. The Kier molecular flexibility index (Phi) is 4.59. The van der Waals surface area contributed by atoms with Gasteiger partial charge in [0.25, 0.3) is 0 Å². The topological polar surface area (TPSA) is 85.3 Å². The molecule has 0 fully saturated rings. The molecule has 5 nitrogen and oxygen atoms in total. The maximum Gasteiger partial charge on any atom is 0.238 e. The Morgan fingerprint density at radius 2 is 1.90 bits per heavy atom. The van der Waals surface area contributed by atoms with Gasteiger partial charge in [0.15, 0.2) is 0 Å². The van der Waals surface area contributed by atoms with E-state index in [0.717, 1.165) is 23.5 Å². The zero-order chi connectivity index (χ0) is 14.6. The normalized spacial score (nSPS) is 11.7. The summed E-state index contributed by atoms with van der Waals surface area (Å²) >= 11 is 0. The molecule has 0 bridgehead atoms. The number of hydrogen-bond acceptors (Lipinski definition) is 4. The minimum atomic E-state index is -3.65. The van der Waals surface area contributed by atoms with Gasteiger partial charge in [-0.15, -0.1) is 0 Å². The molecule has 0 spiro atoms. The maximum absolute atomic E-state index is 11.3. The van der Waals surface area contributed by atoms with Gasteiger partial charge in [0, 0.05) is 13.0 Å². The predicted octanol–water partition coefficient (Wildman–Crippen LogP) is 1.78. The first-order valence-electron chi connectivity index (χ1n) is 6.39. The van der Waals surface area contributed by atoms with Crippen LogP contribution in [0, 0.1) is 0 Å². The van der Waals surface area contributed by atoms with Crippen molar-refractivity contribution < 1.29 is 12.8 Å². The van der Waals surface area contributed by atoms with Gasteiger partial charge in [0.2, 0.25) is 10.0 Å². The molecule has 3 N–H and O–H groups in total. The van der Waals surface area contributed by atoms with E-state index in [1.54, 1.807) is 12.1 Å². The quantitative estimate of drug-likeness (QED) is 0.850. The van der Waals surface area contributed by atoms with E-state index in [0.29, 0.717) is 13.1 Å². The second-order valence-electron chi connectivity index (χ2n) is 4.52. The first-order chi connectivity index (χ1) is 9.49. The van der Waals surface area contributed by atoms with Crippen LogP contribution in [0.1, 0.15) is 24.0 Å². The van der Waals surface area contributed by atoms with Crippen molar-refractivity contribution in [2.75, 3.05) is 0 Å². The van der Waals surface area contributed by atoms with Crippen LogP contribution in [0.25, 0.3) is 0 Å². The predicted molar refractivity (Wildman–Crippen MR) is 76.4 cm³/mol. The lowest BCUT2D eigenvalue weighted by Gasteiger charge is -2.05. The fourth-order valence-electron chi connectivity index (χ4n) is 1.87. The highest BCUT2D eigenvalue weighted by atomic mass is 32.2. The SMILES string of the molecule is CCc1ccc(CNCc2cccc(S(N)(=O)=O)c2)o1. The molecule has 0 saturated carbocycles. The van der Waals surface area contributed by atoms with Crippen LogP contribution < -0.4 is 10.5 Å². The van der Waals surface area contributed by atoms with E-state index in [1.807, 2.05) is 25.1 Å². The van der Waals surface area contributed by atoms with E-state index in [4.69, 9.17) is 9.56 Å². The molecular weight excluding hydrogens is 276 g/mol. The summed E-state index contributed by atoms with van der Waals surface area (Å²) in [5.74, 6) is 1.82. The monoisotopic (exact) mass is 294 g/mol. The number of benzene rings is 1. The standard InChI is InChI=1S/C14H18N2O3S/c1-2-12-6-7-13(19-12)10-16-9-11-4-3-5-14(8-11)20(15,17)18/h3-8,16H,2,9-10H2,1H3,(H2,15,17,18). The smallest absolute Gasteiger partial charge is 0.238 e. The lowest BCUT2D eigenvalue weighted by molar-refractivity contribution is 0.450. The molecule has 2 rings (SSSR count). The molecular formula is C14H18N2O3S. The summed E-state index contributed by atoms with van der Waals surface area (Å²) < 4.78 is 28.1. The first-order valence-corrected chi connectivity index (χ1v) is 7.93. The molecule has 0 radical (unpaired) electrons. The summed E-state index contributed by atoms with van der Waals surface area (Å²) in [6.45, 7) is 3.18.